The zero-order valence-electron chi connectivity index (χ0n) is 11.8. The third kappa shape index (κ3) is 3.62. The van der Waals surface area contributed by atoms with Gasteiger partial charge in [-0.05, 0) is 42.8 Å². The SMILES string of the molecule is CCC(Sc1nc(-c2ccc(F)cc2)ccc1C#N)C(=O)O. The van der Waals surface area contributed by atoms with E-state index in [4.69, 9.17) is 10.4 Å². The molecule has 0 spiro atoms. The monoisotopic (exact) mass is 316 g/mol. The van der Waals surface area contributed by atoms with Gasteiger partial charge in [0.05, 0.1) is 11.3 Å². The number of nitrogens with zero attached hydrogens (tertiary/aromatic N) is 2. The Hall–Kier alpha value is -2.39. The minimum Gasteiger partial charge on any atom is -0.480 e. The Balaban J connectivity index is 2.40. The van der Waals surface area contributed by atoms with Crippen LogP contribution in [0.1, 0.15) is 18.9 Å². The zero-order chi connectivity index (χ0) is 16.1. The highest BCUT2D eigenvalue weighted by atomic mass is 32.2. The lowest BCUT2D eigenvalue weighted by Gasteiger charge is -2.11. The Morgan fingerprint density at radius 2 is 2.05 bits per heavy atom. The van der Waals surface area contributed by atoms with E-state index in [9.17, 15) is 9.18 Å². The Kier molecular flexibility index (Phi) is 5.12. The van der Waals surface area contributed by atoms with Crippen LogP contribution in [-0.2, 0) is 4.79 Å². The van der Waals surface area contributed by atoms with E-state index in [-0.39, 0.29) is 5.82 Å². The van der Waals surface area contributed by atoms with Crippen LogP contribution in [0.4, 0.5) is 4.39 Å². The normalized spacial score (nSPS) is 11.7. The molecule has 1 N–H and O–H groups in total. The topological polar surface area (TPSA) is 74.0 Å². The van der Waals surface area contributed by atoms with E-state index < -0.39 is 11.2 Å². The summed E-state index contributed by atoms with van der Waals surface area (Å²) in [7, 11) is 0. The number of carboxylic acid groups (broad SMARTS) is 1. The molecule has 0 saturated heterocycles. The lowest BCUT2D eigenvalue weighted by Crippen LogP contribution is -2.15. The van der Waals surface area contributed by atoms with E-state index in [0.29, 0.717) is 28.3 Å². The molecule has 0 fully saturated rings. The first kappa shape index (κ1) is 16.0. The lowest BCUT2D eigenvalue weighted by molar-refractivity contribution is -0.136. The summed E-state index contributed by atoms with van der Waals surface area (Å²) in [4.78, 5) is 15.5. The quantitative estimate of drug-likeness (QED) is 0.851. The highest BCUT2D eigenvalue weighted by Gasteiger charge is 2.19. The van der Waals surface area contributed by atoms with Crippen LogP contribution in [0.15, 0.2) is 41.4 Å². The van der Waals surface area contributed by atoms with Crippen LogP contribution < -0.4 is 0 Å². The van der Waals surface area contributed by atoms with Crippen molar-refractivity contribution >= 4 is 17.7 Å². The molecule has 0 radical (unpaired) electrons. The van der Waals surface area contributed by atoms with E-state index in [0.717, 1.165) is 11.8 Å². The number of thioether (sulfide) groups is 1. The van der Waals surface area contributed by atoms with Crippen LogP contribution in [0.3, 0.4) is 0 Å². The number of carbonyl (C=O) groups is 1. The van der Waals surface area contributed by atoms with E-state index in [1.54, 1.807) is 31.2 Å². The van der Waals surface area contributed by atoms with Crippen LogP contribution in [0.25, 0.3) is 11.3 Å². The van der Waals surface area contributed by atoms with Crippen LogP contribution in [-0.4, -0.2) is 21.3 Å². The van der Waals surface area contributed by atoms with Gasteiger partial charge in [0.25, 0.3) is 0 Å². The number of rotatable bonds is 5. The van der Waals surface area contributed by atoms with E-state index >= 15 is 0 Å². The maximum atomic E-state index is 13.0. The molecule has 0 aliphatic carbocycles. The minimum absolute atomic E-state index is 0.329. The Morgan fingerprint density at radius 1 is 1.36 bits per heavy atom. The molecule has 0 saturated carbocycles. The summed E-state index contributed by atoms with van der Waals surface area (Å²) < 4.78 is 13.0. The van der Waals surface area contributed by atoms with Gasteiger partial charge in [0.15, 0.2) is 0 Å². The molecule has 1 unspecified atom stereocenters. The summed E-state index contributed by atoms with van der Waals surface area (Å²) in [6.07, 6.45) is 0.424. The molecule has 0 aliphatic heterocycles. The van der Waals surface area contributed by atoms with Crippen LogP contribution in [0, 0.1) is 17.1 Å². The first-order chi connectivity index (χ1) is 10.5. The highest BCUT2D eigenvalue weighted by molar-refractivity contribution is 8.00. The summed E-state index contributed by atoms with van der Waals surface area (Å²) in [6.45, 7) is 1.77. The van der Waals surface area contributed by atoms with Crippen molar-refractivity contribution in [3.05, 3.63) is 47.8 Å². The third-order valence-electron chi connectivity index (χ3n) is 3.02. The number of hydrogen-bond acceptors (Lipinski definition) is 4. The Labute approximate surface area is 131 Å². The summed E-state index contributed by atoms with van der Waals surface area (Å²) in [5.74, 6) is -1.28. The molecule has 6 heteroatoms. The number of halogens is 1. The van der Waals surface area contributed by atoms with Gasteiger partial charge in [-0.1, -0.05) is 18.7 Å². The third-order valence-corrected chi connectivity index (χ3v) is 4.37. The second kappa shape index (κ2) is 7.05. The number of aromatic nitrogens is 1. The van der Waals surface area contributed by atoms with Gasteiger partial charge < -0.3 is 5.11 Å². The van der Waals surface area contributed by atoms with Gasteiger partial charge in [-0.15, -0.1) is 0 Å². The maximum absolute atomic E-state index is 13.0. The van der Waals surface area contributed by atoms with Gasteiger partial charge in [0.1, 0.15) is 22.2 Å². The average Bonchev–Trinajstić information content (AvgIpc) is 2.52. The number of aliphatic carboxylic acids is 1. The lowest BCUT2D eigenvalue weighted by atomic mass is 10.1. The molecule has 0 aliphatic rings. The van der Waals surface area contributed by atoms with Crippen molar-refractivity contribution in [2.24, 2.45) is 0 Å². The Bertz CT molecular complexity index is 726. The predicted octanol–water partition coefficient (Wildman–Crippen LogP) is 3.71. The number of benzene rings is 1. The van der Waals surface area contributed by atoms with Crippen molar-refractivity contribution in [2.45, 2.75) is 23.6 Å². The second-order valence-corrected chi connectivity index (χ2v) is 5.71. The average molecular weight is 316 g/mol. The molecular formula is C16H13FN2O2S. The fraction of sp³-hybridized carbons (Fsp3) is 0.188. The van der Waals surface area contributed by atoms with Gasteiger partial charge in [0, 0.05) is 5.56 Å². The van der Waals surface area contributed by atoms with E-state index in [1.807, 2.05) is 6.07 Å². The largest absolute Gasteiger partial charge is 0.480 e. The van der Waals surface area contributed by atoms with Crippen LogP contribution >= 0.6 is 11.8 Å². The van der Waals surface area contributed by atoms with E-state index in [1.165, 1.54) is 12.1 Å². The van der Waals surface area contributed by atoms with Crippen molar-refractivity contribution in [3.8, 4) is 17.3 Å². The second-order valence-electron chi connectivity index (χ2n) is 4.52. The zero-order valence-corrected chi connectivity index (χ0v) is 12.6. The molecule has 112 valence electrons. The first-order valence-corrected chi connectivity index (χ1v) is 7.49. The van der Waals surface area contributed by atoms with Crippen molar-refractivity contribution in [3.63, 3.8) is 0 Å². The number of carboxylic acids is 1. The smallest absolute Gasteiger partial charge is 0.317 e. The molecule has 1 heterocycles. The van der Waals surface area contributed by atoms with Crippen molar-refractivity contribution in [1.82, 2.24) is 4.98 Å². The van der Waals surface area contributed by atoms with Crippen molar-refractivity contribution < 1.29 is 14.3 Å². The van der Waals surface area contributed by atoms with Crippen molar-refractivity contribution in [2.75, 3.05) is 0 Å². The summed E-state index contributed by atoms with van der Waals surface area (Å²) in [6, 6.07) is 11.1. The highest BCUT2D eigenvalue weighted by Crippen LogP contribution is 2.29. The first-order valence-electron chi connectivity index (χ1n) is 6.61. The van der Waals surface area contributed by atoms with Crippen molar-refractivity contribution in [1.29, 1.82) is 5.26 Å². The minimum atomic E-state index is -0.939. The van der Waals surface area contributed by atoms with Gasteiger partial charge in [-0.25, -0.2) is 9.37 Å². The molecule has 22 heavy (non-hydrogen) atoms. The van der Waals surface area contributed by atoms with Gasteiger partial charge in [0.2, 0.25) is 0 Å². The number of pyridine rings is 1. The maximum Gasteiger partial charge on any atom is 0.317 e. The van der Waals surface area contributed by atoms with Gasteiger partial charge in [-0.2, -0.15) is 5.26 Å². The number of hydrogen-bond donors (Lipinski definition) is 1. The molecule has 1 atom stereocenters. The molecule has 2 aromatic rings. The van der Waals surface area contributed by atoms with Crippen LogP contribution in [0.5, 0.6) is 0 Å². The van der Waals surface area contributed by atoms with Gasteiger partial charge in [-0.3, -0.25) is 4.79 Å². The molecular weight excluding hydrogens is 303 g/mol. The molecule has 0 amide bonds. The molecule has 4 nitrogen and oxygen atoms in total. The molecule has 1 aromatic carbocycles. The summed E-state index contributed by atoms with van der Waals surface area (Å²) >= 11 is 1.05. The molecule has 1 aromatic heterocycles. The van der Waals surface area contributed by atoms with E-state index in [2.05, 4.69) is 4.98 Å². The molecule has 0 bridgehead atoms. The standard InChI is InChI=1S/C16H13FN2O2S/c1-2-14(16(20)21)22-15-11(9-18)5-8-13(19-15)10-3-6-12(17)7-4-10/h3-8,14H,2H2,1H3,(H,20,21). The van der Waals surface area contributed by atoms with Crippen LogP contribution in [0.2, 0.25) is 0 Å². The predicted molar refractivity (Wildman–Crippen MR) is 81.9 cm³/mol. The van der Waals surface area contributed by atoms with Gasteiger partial charge >= 0.3 is 5.97 Å². The fourth-order valence-electron chi connectivity index (χ4n) is 1.84. The Morgan fingerprint density at radius 3 is 2.59 bits per heavy atom. The fourth-order valence-corrected chi connectivity index (χ4v) is 2.77. The molecule has 2 rings (SSSR count). The number of nitriles is 1. The summed E-state index contributed by atoms with van der Waals surface area (Å²) in [5, 5.41) is 18.0. The summed E-state index contributed by atoms with van der Waals surface area (Å²) in [5.41, 5.74) is 1.61.